The van der Waals surface area contributed by atoms with E-state index in [9.17, 15) is 4.79 Å². The minimum Gasteiger partial charge on any atom is -0.343 e. The Morgan fingerprint density at radius 1 is 1.38 bits per heavy atom. The average molecular weight is 289 g/mol. The first-order valence-corrected chi connectivity index (χ1v) is 7.43. The molecule has 1 amide bonds. The van der Waals surface area contributed by atoms with E-state index in [-0.39, 0.29) is 5.91 Å². The summed E-state index contributed by atoms with van der Waals surface area (Å²) >= 11 is 0. The van der Waals surface area contributed by atoms with E-state index >= 15 is 0 Å². The standard InChI is InChI=1S/C15H23N5O/c1-4-19(5-2)15(21)6-7-16-9-13-10-17-14-8-12(3)18-20(14)11-13/h8,10-11,16H,4-7,9H2,1-3H3. The fourth-order valence-corrected chi connectivity index (χ4v) is 2.29. The topological polar surface area (TPSA) is 62.5 Å². The van der Waals surface area contributed by atoms with Gasteiger partial charge < -0.3 is 10.2 Å². The van der Waals surface area contributed by atoms with E-state index in [1.54, 1.807) is 4.52 Å². The van der Waals surface area contributed by atoms with Gasteiger partial charge in [0.05, 0.1) is 5.69 Å². The summed E-state index contributed by atoms with van der Waals surface area (Å²) in [6, 6.07) is 1.94. The molecule has 0 unspecified atom stereocenters. The van der Waals surface area contributed by atoms with Crippen LogP contribution < -0.4 is 5.32 Å². The summed E-state index contributed by atoms with van der Waals surface area (Å²) in [4.78, 5) is 18.1. The van der Waals surface area contributed by atoms with Gasteiger partial charge in [0.2, 0.25) is 5.91 Å². The van der Waals surface area contributed by atoms with Gasteiger partial charge in [-0.1, -0.05) is 0 Å². The summed E-state index contributed by atoms with van der Waals surface area (Å²) < 4.78 is 1.79. The zero-order valence-electron chi connectivity index (χ0n) is 13.0. The largest absolute Gasteiger partial charge is 0.343 e. The summed E-state index contributed by atoms with van der Waals surface area (Å²) in [5.41, 5.74) is 2.87. The molecular formula is C15H23N5O. The molecule has 2 heterocycles. The molecule has 0 aromatic carbocycles. The Kier molecular flexibility index (Phi) is 5.27. The first kappa shape index (κ1) is 15.4. The molecule has 0 saturated heterocycles. The fraction of sp³-hybridized carbons (Fsp3) is 0.533. The predicted octanol–water partition coefficient (Wildman–Crippen LogP) is 1.39. The Morgan fingerprint density at radius 3 is 2.86 bits per heavy atom. The molecule has 0 radical (unpaired) electrons. The van der Waals surface area contributed by atoms with Gasteiger partial charge in [-0.2, -0.15) is 5.10 Å². The third-order valence-corrected chi connectivity index (χ3v) is 3.45. The van der Waals surface area contributed by atoms with Crippen LogP contribution in [0.2, 0.25) is 0 Å². The number of carbonyl (C=O) groups excluding carboxylic acids is 1. The van der Waals surface area contributed by atoms with Gasteiger partial charge in [-0.3, -0.25) is 4.79 Å². The molecule has 0 aliphatic rings. The normalized spacial score (nSPS) is 11.0. The highest BCUT2D eigenvalue weighted by Crippen LogP contribution is 2.04. The molecule has 1 N–H and O–H groups in total. The number of nitrogens with zero attached hydrogens (tertiary/aromatic N) is 4. The van der Waals surface area contributed by atoms with E-state index in [0.717, 1.165) is 30.0 Å². The lowest BCUT2D eigenvalue weighted by atomic mass is 10.3. The monoisotopic (exact) mass is 289 g/mol. The minimum atomic E-state index is 0.198. The highest BCUT2D eigenvalue weighted by Gasteiger charge is 2.08. The first-order chi connectivity index (χ1) is 10.1. The number of amides is 1. The lowest BCUT2D eigenvalue weighted by molar-refractivity contribution is -0.130. The Hall–Kier alpha value is -1.95. The van der Waals surface area contributed by atoms with Crippen molar-refractivity contribution in [3.05, 3.63) is 29.7 Å². The van der Waals surface area contributed by atoms with Crippen molar-refractivity contribution in [2.45, 2.75) is 33.7 Å². The van der Waals surface area contributed by atoms with Gasteiger partial charge in [0.1, 0.15) is 0 Å². The molecule has 0 fully saturated rings. The number of nitrogens with one attached hydrogen (secondary N) is 1. The van der Waals surface area contributed by atoms with Crippen molar-refractivity contribution in [2.24, 2.45) is 0 Å². The lowest BCUT2D eigenvalue weighted by Crippen LogP contribution is -2.32. The molecule has 0 aliphatic heterocycles. The zero-order valence-corrected chi connectivity index (χ0v) is 13.0. The van der Waals surface area contributed by atoms with Crippen LogP contribution >= 0.6 is 0 Å². The van der Waals surface area contributed by atoms with Crippen molar-refractivity contribution in [3.8, 4) is 0 Å². The van der Waals surface area contributed by atoms with E-state index in [1.165, 1.54) is 0 Å². The van der Waals surface area contributed by atoms with Crippen molar-refractivity contribution in [1.29, 1.82) is 0 Å². The van der Waals surface area contributed by atoms with Crippen molar-refractivity contribution in [3.63, 3.8) is 0 Å². The summed E-state index contributed by atoms with van der Waals surface area (Å²) in [6.45, 7) is 8.86. The van der Waals surface area contributed by atoms with Crippen LogP contribution in [-0.2, 0) is 11.3 Å². The molecule has 114 valence electrons. The molecule has 2 aromatic rings. The van der Waals surface area contributed by atoms with Crippen LogP contribution in [-0.4, -0.2) is 45.0 Å². The maximum Gasteiger partial charge on any atom is 0.223 e. The maximum atomic E-state index is 11.9. The first-order valence-electron chi connectivity index (χ1n) is 7.43. The molecule has 0 atom stereocenters. The Morgan fingerprint density at radius 2 is 2.14 bits per heavy atom. The van der Waals surface area contributed by atoms with Gasteiger partial charge in [-0.15, -0.1) is 0 Å². The molecule has 6 heteroatoms. The van der Waals surface area contributed by atoms with Gasteiger partial charge in [0.25, 0.3) is 0 Å². The van der Waals surface area contributed by atoms with Gasteiger partial charge in [-0.25, -0.2) is 9.50 Å². The van der Waals surface area contributed by atoms with Crippen LogP contribution in [0.15, 0.2) is 18.5 Å². The van der Waals surface area contributed by atoms with Gasteiger partial charge in [0, 0.05) is 56.6 Å². The quantitative estimate of drug-likeness (QED) is 0.782. The predicted molar refractivity (Wildman–Crippen MR) is 82.0 cm³/mol. The van der Waals surface area contributed by atoms with Crippen LogP contribution in [0, 0.1) is 6.92 Å². The molecule has 0 bridgehead atoms. The average Bonchev–Trinajstić information content (AvgIpc) is 2.84. The molecule has 0 aliphatic carbocycles. The van der Waals surface area contributed by atoms with Crippen molar-refractivity contribution in [2.75, 3.05) is 19.6 Å². The lowest BCUT2D eigenvalue weighted by Gasteiger charge is -2.18. The fourth-order valence-electron chi connectivity index (χ4n) is 2.29. The maximum absolute atomic E-state index is 11.9. The smallest absolute Gasteiger partial charge is 0.223 e. The van der Waals surface area contributed by atoms with E-state index in [1.807, 2.05) is 44.1 Å². The van der Waals surface area contributed by atoms with E-state index < -0.39 is 0 Å². The van der Waals surface area contributed by atoms with Crippen LogP contribution in [0.1, 0.15) is 31.5 Å². The molecule has 2 rings (SSSR count). The van der Waals surface area contributed by atoms with Crippen LogP contribution in [0.5, 0.6) is 0 Å². The SMILES string of the molecule is CCN(CC)C(=O)CCNCc1cnc2cc(C)nn2c1. The number of rotatable bonds is 7. The van der Waals surface area contributed by atoms with E-state index in [0.29, 0.717) is 19.5 Å². The second kappa shape index (κ2) is 7.17. The Labute approximate surface area is 125 Å². The number of hydrogen-bond donors (Lipinski definition) is 1. The number of aromatic nitrogens is 3. The molecule has 0 saturated carbocycles. The van der Waals surface area contributed by atoms with E-state index in [2.05, 4.69) is 15.4 Å². The third-order valence-electron chi connectivity index (χ3n) is 3.45. The highest BCUT2D eigenvalue weighted by molar-refractivity contribution is 5.76. The minimum absolute atomic E-state index is 0.198. The summed E-state index contributed by atoms with van der Waals surface area (Å²) in [5, 5.41) is 7.62. The van der Waals surface area contributed by atoms with Crippen molar-refractivity contribution >= 4 is 11.6 Å². The molecule has 21 heavy (non-hydrogen) atoms. The molecule has 2 aromatic heterocycles. The molecule has 0 spiro atoms. The highest BCUT2D eigenvalue weighted by atomic mass is 16.2. The van der Waals surface area contributed by atoms with Crippen LogP contribution in [0.3, 0.4) is 0 Å². The number of carbonyl (C=O) groups is 1. The summed E-state index contributed by atoms with van der Waals surface area (Å²) in [5.74, 6) is 0.198. The summed E-state index contributed by atoms with van der Waals surface area (Å²) in [7, 11) is 0. The van der Waals surface area contributed by atoms with Crippen molar-refractivity contribution < 1.29 is 4.79 Å². The Balaban J connectivity index is 1.81. The second-order valence-electron chi connectivity index (χ2n) is 5.04. The summed E-state index contributed by atoms with van der Waals surface area (Å²) in [6.07, 6.45) is 4.34. The number of aryl methyl sites for hydroxylation is 1. The number of fused-ring (bicyclic) bond motifs is 1. The number of hydrogen-bond acceptors (Lipinski definition) is 4. The van der Waals surface area contributed by atoms with Crippen LogP contribution in [0.25, 0.3) is 5.65 Å². The second-order valence-corrected chi connectivity index (χ2v) is 5.04. The van der Waals surface area contributed by atoms with Gasteiger partial charge in [-0.05, 0) is 20.8 Å². The van der Waals surface area contributed by atoms with Crippen molar-refractivity contribution in [1.82, 2.24) is 24.8 Å². The third kappa shape index (κ3) is 4.01. The van der Waals surface area contributed by atoms with Crippen LogP contribution in [0.4, 0.5) is 0 Å². The zero-order chi connectivity index (χ0) is 15.2. The van der Waals surface area contributed by atoms with E-state index in [4.69, 9.17) is 0 Å². The molecule has 6 nitrogen and oxygen atoms in total. The van der Waals surface area contributed by atoms with Gasteiger partial charge >= 0.3 is 0 Å². The van der Waals surface area contributed by atoms with Gasteiger partial charge in [0.15, 0.2) is 5.65 Å². The molecular weight excluding hydrogens is 266 g/mol. The Bertz CT molecular complexity index is 603.